The van der Waals surface area contributed by atoms with Gasteiger partial charge in [0.1, 0.15) is 6.61 Å². The van der Waals surface area contributed by atoms with E-state index >= 15 is 0 Å². The summed E-state index contributed by atoms with van der Waals surface area (Å²) >= 11 is 0. The summed E-state index contributed by atoms with van der Waals surface area (Å²) in [4.78, 5) is 13.2. The maximum Gasteiger partial charge on any atom is 0.302 e. The molecule has 0 atom stereocenters. The van der Waals surface area contributed by atoms with E-state index in [4.69, 9.17) is 4.74 Å². The second kappa shape index (κ2) is 3.06. The molecule has 0 unspecified atom stereocenters. The molecule has 1 aromatic rings. The van der Waals surface area contributed by atoms with Crippen molar-refractivity contribution in [3.8, 4) is 0 Å². The van der Waals surface area contributed by atoms with Gasteiger partial charge in [-0.3, -0.25) is 4.79 Å². The quantitative estimate of drug-likeness (QED) is 0.623. The third kappa shape index (κ3) is 1.93. The third-order valence-corrected chi connectivity index (χ3v) is 1.10. The van der Waals surface area contributed by atoms with Crippen molar-refractivity contribution in [1.29, 1.82) is 0 Å². The molecule has 1 heterocycles. The molecule has 0 bridgehead atoms. The summed E-state index contributed by atoms with van der Waals surface area (Å²) in [6.45, 7) is 1.76. The SMILES string of the molecule is CC(=O)OCc1cc[nH]c1. The Morgan fingerprint density at radius 1 is 1.80 bits per heavy atom. The average molecular weight is 139 g/mol. The molecule has 0 amide bonds. The molecule has 1 N–H and O–H groups in total. The maximum absolute atomic E-state index is 10.3. The largest absolute Gasteiger partial charge is 0.461 e. The first kappa shape index (κ1) is 6.86. The first-order valence-electron chi connectivity index (χ1n) is 3.04. The van der Waals surface area contributed by atoms with Gasteiger partial charge >= 0.3 is 5.97 Å². The van der Waals surface area contributed by atoms with Gasteiger partial charge in [0.25, 0.3) is 0 Å². The topological polar surface area (TPSA) is 42.1 Å². The van der Waals surface area contributed by atoms with Gasteiger partial charge in [0.15, 0.2) is 0 Å². The minimum Gasteiger partial charge on any atom is -0.461 e. The van der Waals surface area contributed by atoms with Gasteiger partial charge in [-0.05, 0) is 6.07 Å². The number of hydrogen-bond donors (Lipinski definition) is 1. The van der Waals surface area contributed by atoms with Crippen molar-refractivity contribution in [3.63, 3.8) is 0 Å². The van der Waals surface area contributed by atoms with Crippen molar-refractivity contribution in [2.24, 2.45) is 0 Å². The maximum atomic E-state index is 10.3. The molecule has 0 aliphatic rings. The van der Waals surface area contributed by atoms with Crippen LogP contribution in [0.3, 0.4) is 0 Å². The first-order chi connectivity index (χ1) is 4.79. The van der Waals surface area contributed by atoms with Gasteiger partial charge < -0.3 is 9.72 Å². The molecule has 10 heavy (non-hydrogen) atoms. The molecule has 0 saturated heterocycles. The summed E-state index contributed by atoms with van der Waals surface area (Å²) in [5.41, 5.74) is 0.982. The Balaban J connectivity index is 2.35. The van der Waals surface area contributed by atoms with Gasteiger partial charge in [-0.15, -0.1) is 0 Å². The van der Waals surface area contributed by atoms with Gasteiger partial charge in [-0.2, -0.15) is 0 Å². The van der Waals surface area contributed by atoms with Crippen LogP contribution in [0.2, 0.25) is 0 Å². The number of aromatic nitrogens is 1. The number of hydrogen-bond acceptors (Lipinski definition) is 2. The fraction of sp³-hybridized carbons (Fsp3) is 0.286. The van der Waals surface area contributed by atoms with Crippen molar-refractivity contribution in [2.45, 2.75) is 13.5 Å². The van der Waals surface area contributed by atoms with Crippen LogP contribution in [0.4, 0.5) is 0 Å². The molecule has 0 spiro atoms. The highest BCUT2D eigenvalue weighted by Gasteiger charge is 1.94. The monoisotopic (exact) mass is 139 g/mol. The van der Waals surface area contributed by atoms with E-state index in [9.17, 15) is 4.79 Å². The number of ether oxygens (including phenoxy) is 1. The van der Waals surface area contributed by atoms with Crippen LogP contribution < -0.4 is 0 Å². The second-order valence-corrected chi connectivity index (χ2v) is 2.00. The number of esters is 1. The normalized spacial score (nSPS) is 9.30. The van der Waals surface area contributed by atoms with E-state index < -0.39 is 0 Å². The van der Waals surface area contributed by atoms with Gasteiger partial charge in [0.2, 0.25) is 0 Å². The van der Waals surface area contributed by atoms with E-state index in [-0.39, 0.29) is 5.97 Å². The van der Waals surface area contributed by atoms with Crippen molar-refractivity contribution in [3.05, 3.63) is 24.0 Å². The van der Waals surface area contributed by atoms with Crippen molar-refractivity contribution in [2.75, 3.05) is 0 Å². The lowest BCUT2D eigenvalue weighted by Crippen LogP contribution is -1.97. The van der Waals surface area contributed by atoms with Crippen LogP contribution in [0.1, 0.15) is 12.5 Å². The van der Waals surface area contributed by atoms with Crippen molar-refractivity contribution >= 4 is 5.97 Å². The lowest BCUT2D eigenvalue weighted by Gasteiger charge is -1.96. The summed E-state index contributed by atoms with van der Waals surface area (Å²) in [6.07, 6.45) is 3.59. The number of H-pyrrole nitrogens is 1. The van der Waals surface area contributed by atoms with E-state index in [2.05, 4.69) is 4.98 Å². The highest BCUT2D eigenvalue weighted by atomic mass is 16.5. The van der Waals surface area contributed by atoms with E-state index in [1.165, 1.54) is 6.92 Å². The van der Waals surface area contributed by atoms with Gasteiger partial charge in [0.05, 0.1) is 0 Å². The van der Waals surface area contributed by atoms with Crippen LogP contribution in [0.15, 0.2) is 18.5 Å². The number of nitrogens with one attached hydrogen (secondary N) is 1. The fourth-order valence-electron chi connectivity index (χ4n) is 0.633. The Morgan fingerprint density at radius 3 is 3.10 bits per heavy atom. The summed E-state index contributed by atoms with van der Waals surface area (Å²) in [6, 6.07) is 1.86. The third-order valence-electron chi connectivity index (χ3n) is 1.10. The Morgan fingerprint density at radius 2 is 2.60 bits per heavy atom. The predicted octanol–water partition coefficient (Wildman–Crippen LogP) is 1.08. The second-order valence-electron chi connectivity index (χ2n) is 2.00. The molecule has 0 radical (unpaired) electrons. The van der Waals surface area contributed by atoms with E-state index in [0.717, 1.165) is 5.56 Å². The highest BCUT2D eigenvalue weighted by Crippen LogP contribution is 1.98. The molecule has 0 aromatic carbocycles. The molecular formula is C7H9NO2. The van der Waals surface area contributed by atoms with Gasteiger partial charge in [-0.25, -0.2) is 0 Å². The Kier molecular flexibility index (Phi) is 2.10. The molecule has 3 nitrogen and oxygen atoms in total. The van der Waals surface area contributed by atoms with Crippen molar-refractivity contribution < 1.29 is 9.53 Å². The van der Waals surface area contributed by atoms with Crippen LogP contribution in [0.25, 0.3) is 0 Å². The summed E-state index contributed by atoms with van der Waals surface area (Å²) in [5, 5.41) is 0. The number of carbonyl (C=O) groups is 1. The zero-order valence-electron chi connectivity index (χ0n) is 5.76. The highest BCUT2D eigenvalue weighted by molar-refractivity contribution is 5.65. The standard InChI is InChI=1S/C7H9NO2/c1-6(9)10-5-7-2-3-8-4-7/h2-4,8H,5H2,1H3. The fourth-order valence-corrected chi connectivity index (χ4v) is 0.633. The summed E-state index contributed by atoms with van der Waals surface area (Å²) in [7, 11) is 0. The molecule has 0 aliphatic heterocycles. The molecule has 0 fully saturated rings. The Hall–Kier alpha value is -1.25. The molecule has 54 valence electrons. The zero-order valence-corrected chi connectivity index (χ0v) is 5.76. The predicted molar refractivity (Wildman–Crippen MR) is 36.3 cm³/mol. The lowest BCUT2D eigenvalue weighted by molar-refractivity contribution is -0.142. The van der Waals surface area contributed by atoms with E-state index in [1.54, 1.807) is 12.4 Å². The minimum absolute atomic E-state index is 0.249. The summed E-state index contributed by atoms with van der Waals surface area (Å²) in [5.74, 6) is -0.249. The number of aromatic amines is 1. The van der Waals surface area contributed by atoms with Crippen LogP contribution in [0.5, 0.6) is 0 Å². The Labute approximate surface area is 59.0 Å². The molecule has 1 rings (SSSR count). The van der Waals surface area contributed by atoms with Crippen molar-refractivity contribution in [1.82, 2.24) is 4.98 Å². The van der Waals surface area contributed by atoms with Crippen LogP contribution in [-0.2, 0) is 16.1 Å². The van der Waals surface area contributed by atoms with Gasteiger partial charge in [0, 0.05) is 24.9 Å². The zero-order chi connectivity index (χ0) is 7.40. The molecule has 0 aliphatic carbocycles. The number of carbonyl (C=O) groups excluding carboxylic acids is 1. The van der Waals surface area contributed by atoms with Crippen LogP contribution >= 0.6 is 0 Å². The molecule has 1 aromatic heterocycles. The Bertz CT molecular complexity index is 203. The average Bonchev–Trinajstić information content (AvgIpc) is 2.34. The van der Waals surface area contributed by atoms with Crippen LogP contribution in [-0.4, -0.2) is 11.0 Å². The lowest BCUT2D eigenvalue weighted by atomic mass is 10.4. The molecule has 0 saturated carbocycles. The van der Waals surface area contributed by atoms with Gasteiger partial charge in [-0.1, -0.05) is 0 Å². The minimum atomic E-state index is -0.249. The molecule has 3 heteroatoms. The van der Waals surface area contributed by atoms with E-state index in [0.29, 0.717) is 6.61 Å². The summed E-state index contributed by atoms with van der Waals surface area (Å²) < 4.78 is 4.73. The number of rotatable bonds is 2. The smallest absolute Gasteiger partial charge is 0.302 e. The molecular weight excluding hydrogens is 130 g/mol. The first-order valence-corrected chi connectivity index (χ1v) is 3.04. The van der Waals surface area contributed by atoms with Crippen LogP contribution in [0, 0.1) is 0 Å². The van der Waals surface area contributed by atoms with E-state index in [1.807, 2.05) is 6.07 Å².